The highest BCUT2D eigenvalue weighted by Crippen LogP contribution is 2.39. The van der Waals surface area contributed by atoms with E-state index in [2.05, 4.69) is 22.2 Å². The third kappa shape index (κ3) is 6.93. The van der Waals surface area contributed by atoms with Crippen LogP contribution in [0.3, 0.4) is 0 Å². The second-order valence-electron chi connectivity index (χ2n) is 8.18. The number of rotatable bonds is 11. The van der Waals surface area contributed by atoms with Gasteiger partial charge in [-0.15, -0.1) is 11.3 Å². The molecule has 0 bridgehead atoms. The average Bonchev–Trinajstić information content (AvgIpc) is 3.15. The molecular weight excluding hydrogens is 445 g/mol. The van der Waals surface area contributed by atoms with E-state index in [1.54, 1.807) is 30.3 Å². The van der Waals surface area contributed by atoms with Gasteiger partial charge in [-0.3, -0.25) is 4.98 Å². The Morgan fingerprint density at radius 1 is 1.03 bits per heavy atom. The summed E-state index contributed by atoms with van der Waals surface area (Å²) >= 11 is 1.39. The van der Waals surface area contributed by atoms with Crippen molar-refractivity contribution in [3.05, 3.63) is 53.0 Å². The molecule has 3 rings (SSSR count). The number of hydrogen-bond donors (Lipinski definition) is 1. The van der Waals surface area contributed by atoms with Gasteiger partial charge >= 0.3 is 6.18 Å². The van der Waals surface area contributed by atoms with E-state index in [1.807, 2.05) is 25.1 Å². The summed E-state index contributed by atoms with van der Waals surface area (Å²) in [6.45, 7) is 4.69. The molecule has 0 spiro atoms. The number of halogens is 3. The van der Waals surface area contributed by atoms with E-state index in [-0.39, 0.29) is 5.69 Å². The maximum absolute atomic E-state index is 13.9. The number of pyridine rings is 1. The number of unbranched alkanes of at least 4 members (excludes halogenated alkanes) is 5. The van der Waals surface area contributed by atoms with Gasteiger partial charge in [0.25, 0.3) is 0 Å². The van der Waals surface area contributed by atoms with Gasteiger partial charge in [-0.1, -0.05) is 45.1 Å². The van der Waals surface area contributed by atoms with Crippen molar-refractivity contribution < 1.29 is 13.2 Å². The zero-order valence-corrected chi connectivity index (χ0v) is 20.2. The van der Waals surface area contributed by atoms with E-state index in [1.165, 1.54) is 36.7 Å². The van der Waals surface area contributed by atoms with Gasteiger partial charge in [-0.2, -0.15) is 13.2 Å². The van der Waals surface area contributed by atoms with Gasteiger partial charge in [0.05, 0.1) is 11.3 Å². The molecule has 0 atom stereocenters. The summed E-state index contributed by atoms with van der Waals surface area (Å²) in [6.07, 6.45) is 3.87. The van der Waals surface area contributed by atoms with E-state index < -0.39 is 11.7 Å². The molecule has 0 amide bonds. The van der Waals surface area contributed by atoms with Gasteiger partial charge < -0.3 is 10.2 Å². The molecule has 0 radical (unpaired) electrons. The van der Waals surface area contributed by atoms with E-state index in [4.69, 9.17) is 0 Å². The number of alkyl halides is 3. The fraction of sp³-hybridized carbons (Fsp3) is 0.440. The van der Waals surface area contributed by atoms with Gasteiger partial charge in [0, 0.05) is 36.0 Å². The van der Waals surface area contributed by atoms with Crippen molar-refractivity contribution in [2.45, 2.75) is 58.5 Å². The van der Waals surface area contributed by atoms with Crippen LogP contribution < -0.4 is 10.2 Å². The van der Waals surface area contributed by atoms with E-state index in [9.17, 15) is 13.2 Å². The summed E-state index contributed by atoms with van der Waals surface area (Å²) in [5.41, 5.74) is 1.39. The first-order valence-electron chi connectivity index (χ1n) is 11.4. The van der Waals surface area contributed by atoms with Gasteiger partial charge in [-0.05, 0) is 43.7 Å². The lowest BCUT2D eigenvalue weighted by molar-refractivity contribution is -0.137. The van der Waals surface area contributed by atoms with Crippen LogP contribution in [-0.2, 0) is 6.18 Å². The molecule has 2 aromatic heterocycles. The predicted molar refractivity (Wildman–Crippen MR) is 131 cm³/mol. The maximum atomic E-state index is 13.9. The normalized spacial score (nSPS) is 11.6. The molecule has 0 aliphatic carbocycles. The van der Waals surface area contributed by atoms with E-state index in [0.717, 1.165) is 35.5 Å². The van der Waals surface area contributed by atoms with Gasteiger partial charge in [-0.25, -0.2) is 4.98 Å². The SMILES string of the molecule is CCCCCCCCN(C)c1ccc(Nc2nc(-c3ccccn3)c(C)s2)cc1C(F)(F)F. The Labute approximate surface area is 197 Å². The van der Waals surface area contributed by atoms with Crippen LogP contribution in [0.25, 0.3) is 11.4 Å². The molecule has 8 heteroatoms. The molecule has 0 saturated heterocycles. The molecule has 0 aliphatic rings. The largest absolute Gasteiger partial charge is 0.418 e. The molecule has 33 heavy (non-hydrogen) atoms. The Bertz CT molecular complexity index is 1020. The standard InChI is InChI=1S/C25H31F3N4S/c1-4-5-6-7-8-11-16-32(3)22-14-13-19(17-20(22)25(26,27)28)30-24-31-23(18(2)33-24)21-12-9-10-15-29-21/h9-10,12-15,17H,4-8,11,16H2,1-3H3,(H,30,31). The first kappa shape index (κ1) is 25.0. The minimum atomic E-state index is -4.44. The lowest BCUT2D eigenvalue weighted by Crippen LogP contribution is -2.22. The quantitative estimate of drug-likeness (QED) is 0.284. The van der Waals surface area contributed by atoms with Crippen molar-refractivity contribution in [3.63, 3.8) is 0 Å². The fourth-order valence-corrected chi connectivity index (χ4v) is 4.58. The third-order valence-electron chi connectivity index (χ3n) is 5.52. The fourth-order valence-electron chi connectivity index (χ4n) is 3.74. The number of anilines is 3. The summed E-state index contributed by atoms with van der Waals surface area (Å²) in [5, 5.41) is 3.58. The molecule has 0 aliphatic heterocycles. The maximum Gasteiger partial charge on any atom is 0.418 e. The highest BCUT2D eigenvalue weighted by molar-refractivity contribution is 7.16. The van der Waals surface area contributed by atoms with Gasteiger partial charge in [0.15, 0.2) is 5.13 Å². The molecule has 0 unspecified atom stereocenters. The number of aromatic nitrogens is 2. The molecule has 4 nitrogen and oxygen atoms in total. The topological polar surface area (TPSA) is 41.0 Å². The van der Waals surface area contributed by atoms with Crippen molar-refractivity contribution in [2.75, 3.05) is 23.8 Å². The van der Waals surface area contributed by atoms with Crippen molar-refractivity contribution in [1.29, 1.82) is 0 Å². The number of benzene rings is 1. The molecular formula is C25H31F3N4S. The van der Waals surface area contributed by atoms with Gasteiger partial charge in [0.2, 0.25) is 0 Å². The lowest BCUT2D eigenvalue weighted by Gasteiger charge is -2.24. The second-order valence-corrected chi connectivity index (χ2v) is 9.39. The summed E-state index contributed by atoms with van der Waals surface area (Å²) in [7, 11) is 1.73. The Hall–Kier alpha value is -2.61. The number of hydrogen-bond acceptors (Lipinski definition) is 5. The molecule has 3 aromatic rings. The number of aryl methyl sites for hydroxylation is 1. The zero-order valence-electron chi connectivity index (χ0n) is 19.4. The lowest BCUT2D eigenvalue weighted by atomic mass is 10.1. The highest BCUT2D eigenvalue weighted by atomic mass is 32.1. The second kappa shape index (κ2) is 11.5. The smallest absolute Gasteiger partial charge is 0.374 e. The third-order valence-corrected chi connectivity index (χ3v) is 6.40. The Morgan fingerprint density at radius 3 is 2.48 bits per heavy atom. The minimum absolute atomic E-state index is 0.200. The van der Waals surface area contributed by atoms with Crippen molar-refractivity contribution in [2.24, 2.45) is 0 Å². The van der Waals surface area contributed by atoms with E-state index in [0.29, 0.717) is 17.4 Å². The Balaban J connectivity index is 1.73. The molecule has 178 valence electrons. The predicted octanol–water partition coefficient (Wildman–Crippen LogP) is 8.07. The van der Waals surface area contributed by atoms with Crippen molar-refractivity contribution in [1.82, 2.24) is 9.97 Å². The Kier molecular flexibility index (Phi) is 8.72. The monoisotopic (exact) mass is 476 g/mol. The van der Waals surface area contributed by atoms with Crippen LogP contribution in [0.1, 0.15) is 55.9 Å². The average molecular weight is 477 g/mol. The Morgan fingerprint density at radius 2 is 1.79 bits per heavy atom. The molecule has 0 saturated carbocycles. The highest BCUT2D eigenvalue weighted by Gasteiger charge is 2.34. The first-order chi connectivity index (χ1) is 15.8. The summed E-state index contributed by atoms with van der Waals surface area (Å²) < 4.78 is 41.6. The number of nitrogens with one attached hydrogen (secondary N) is 1. The van der Waals surface area contributed by atoms with Crippen LogP contribution in [0.5, 0.6) is 0 Å². The summed E-state index contributed by atoms with van der Waals surface area (Å²) in [5.74, 6) is 0. The molecule has 2 heterocycles. The van der Waals surface area contributed by atoms with E-state index >= 15 is 0 Å². The van der Waals surface area contributed by atoms with Crippen molar-refractivity contribution in [3.8, 4) is 11.4 Å². The summed E-state index contributed by atoms with van der Waals surface area (Å²) in [4.78, 5) is 11.5. The van der Waals surface area contributed by atoms with Crippen LogP contribution in [0.15, 0.2) is 42.6 Å². The van der Waals surface area contributed by atoms with Crippen LogP contribution in [0.4, 0.5) is 29.7 Å². The van der Waals surface area contributed by atoms with Crippen molar-refractivity contribution >= 4 is 27.8 Å². The van der Waals surface area contributed by atoms with Crippen LogP contribution >= 0.6 is 11.3 Å². The molecule has 1 N–H and O–H groups in total. The first-order valence-corrected chi connectivity index (χ1v) is 12.2. The van der Waals surface area contributed by atoms with Gasteiger partial charge in [0.1, 0.15) is 5.69 Å². The molecule has 0 fully saturated rings. The molecule has 1 aromatic carbocycles. The van der Waals surface area contributed by atoms with Crippen LogP contribution in [0, 0.1) is 6.92 Å². The van der Waals surface area contributed by atoms with Crippen LogP contribution in [-0.4, -0.2) is 23.6 Å². The number of thiazole rings is 1. The zero-order chi connectivity index (χ0) is 23.8. The number of nitrogens with zero attached hydrogens (tertiary/aromatic N) is 3. The summed E-state index contributed by atoms with van der Waals surface area (Å²) in [6, 6.07) is 9.96. The van der Waals surface area contributed by atoms with Crippen LogP contribution in [0.2, 0.25) is 0 Å². The minimum Gasteiger partial charge on any atom is -0.374 e.